The molecule has 7 heteroatoms. The first-order valence-electron chi connectivity index (χ1n) is 11.0. The molecule has 1 aliphatic heterocycles. The molecular formula is C26H24N4O3. The van der Waals surface area contributed by atoms with Crippen molar-refractivity contribution in [2.24, 2.45) is 0 Å². The summed E-state index contributed by atoms with van der Waals surface area (Å²) < 4.78 is 5.86. The lowest BCUT2D eigenvalue weighted by Gasteiger charge is -2.27. The maximum absolute atomic E-state index is 13.5. The van der Waals surface area contributed by atoms with Crippen LogP contribution in [0, 0.1) is 0 Å². The zero-order valence-electron chi connectivity index (χ0n) is 18.2. The van der Waals surface area contributed by atoms with E-state index in [2.05, 4.69) is 22.1 Å². The minimum atomic E-state index is -0.390. The second-order valence-electron chi connectivity index (χ2n) is 7.99. The van der Waals surface area contributed by atoms with E-state index >= 15 is 0 Å². The molecule has 0 radical (unpaired) electrons. The van der Waals surface area contributed by atoms with E-state index in [9.17, 15) is 9.90 Å². The predicted molar refractivity (Wildman–Crippen MR) is 124 cm³/mol. The Morgan fingerprint density at radius 2 is 1.91 bits per heavy atom. The van der Waals surface area contributed by atoms with Crippen LogP contribution in [-0.4, -0.2) is 37.7 Å². The second kappa shape index (κ2) is 8.78. The molecule has 7 nitrogen and oxygen atoms in total. The summed E-state index contributed by atoms with van der Waals surface area (Å²) in [5.74, 6) is 0.734. The van der Waals surface area contributed by atoms with E-state index in [1.54, 1.807) is 30.6 Å². The molecule has 2 N–H and O–H groups in total. The van der Waals surface area contributed by atoms with Crippen molar-refractivity contribution in [3.05, 3.63) is 95.4 Å². The van der Waals surface area contributed by atoms with Crippen LogP contribution in [-0.2, 0) is 6.54 Å². The molecule has 0 bridgehead atoms. The molecule has 0 saturated heterocycles. The number of pyridine rings is 1. The number of phenolic OH excluding ortho intramolecular Hbond substituents is 1. The van der Waals surface area contributed by atoms with Crippen molar-refractivity contribution in [3.8, 4) is 22.8 Å². The van der Waals surface area contributed by atoms with Crippen LogP contribution in [0.2, 0.25) is 0 Å². The Labute approximate surface area is 191 Å². The van der Waals surface area contributed by atoms with Crippen LogP contribution in [0.25, 0.3) is 11.3 Å². The number of rotatable bonds is 7. The molecule has 1 aliphatic rings. The van der Waals surface area contributed by atoms with Crippen molar-refractivity contribution in [2.45, 2.75) is 25.9 Å². The van der Waals surface area contributed by atoms with E-state index in [0.29, 0.717) is 30.1 Å². The van der Waals surface area contributed by atoms with Crippen LogP contribution in [0.5, 0.6) is 11.5 Å². The molecule has 2 aromatic carbocycles. The molecule has 5 rings (SSSR count). The maximum Gasteiger partial charge on any atom is 0.273 e. The van der Waals surface area contributed by atoms with Crippen LogP contribution in [0.15, 0.2) is 73.1 Å². The lowest BCUT2D eigenvalue weighted by atomic mass is 9.95. The number of carbonyl (C=O) groups is 1. The molecule has 0 spiro atoms. The number of hydrogen-bond acceptors (Lipinski definition) is 5. The number of aromatic amines is 1. The van der Waals surface area contributed by atoms with E-state index in [4.69, 9.17) is 4.74 Å². The number of phenols is 1. The van der Waals surface area contributed by atoms with Gasteiger partial charge in [0.25, 0.3) is 5.91 Å². The Morgan fingerprint density at radius 1 is 1.09 bits per heavy atom. The standard InChI is InChI=1S/C26H24N4O3/c1-2-14-33-19-7-5-6-18(15-19)25-22-23(20-8-3-4-9-21(20)31)28-29-24(22)26(32)30(25)16-17-10-12-27-13-11-17/h3-13,15,25,31H,2,14,16H2,1H3,(H,28,29)/t25-/m1/s1. The summed E-state index contributed by atoms with van der Waals surface area (Å²) in [6, 6.07) is 18.3. The average Bonchev–Trinajstić information content (AvgIpc) is 3.38. The Bertz CT molecular complexity index is 1290. The van der Waals surface area contributed by atoms with Crippen LogP contribution >= 0.6 is 0 Å². The molecule has 0 aliphatic carbocycles. The highest BCUT2D eigenvalue weighted by atomic mass is 16.5. The summed E-state index contributed by atoms with van der Waals surface area (Å²) in [7, 11) is 0. The summed E-state index contributed by atoms with van der Waals surface area (Å²) >= 11 is 0. The fourth-order valence-electron chi connectivity index (χ4n) is 4.26. The number of aromatic hydroxyl groups is 1. The summed E-state index contributed by atoms with van der Waals surface area (Å²) in [5.41, 5.74) is 4.23. The first kappa shape index (κ1) is 20.8. The fourth-order valence-corrected chi connectivity index (χ4v) is 4.26. The largest absolute Gasteiger partial charge is 0.507 e. The number of para-hydroxylation sites is 1. The molecular weight excluding hydrogens is 416 g/mol. The van der Waals surface area contributed by atoms with Crippen LogP contribution in [0.3, 0.4) is 0 Å². The number of H-pyrrole nitrogens is 1. The van der Waals surface area contributed by atoms with Crippen molar-refractivity contribution >= 4 is 5.91 Å². The zero-order valence-corrected chi connectivity index (χ0v) is 18.2. The normalized spacial score (nSPS) is 15.0. The fraction of sp³-hybridized carbons (Fsp3) is 0.192. The molecule has 33 heavy (non-hydrogen) atoms. The van der Waals surface area contributed by atoms with Gasteiger partial charge in [-0.05, 0) is 53.9 Å². The molecule has 1 atom stereocenters. The van der Waals surface area contributed by atoms with Gasteiger partial charge in [0.05, 0.1) is 12.6 Å². The number of carbonyl (C=O) groups excluding carboxylic acids is 1. The van der Waals surface area contributed by atoms with E-state index in [-0.39, 0.29) is 17.7 Å². The summed E-state index contributed by atoms with van der Waals surface area (Å²) in [4.78, 5) is 19.4. The number of amides is 1. The van der Waals surface area contributed by atoms with Gasteiger partial charge >= 0.3 is 0 Å². The monoisotopic (exact) mass is 440 g/mol. The Morgan fingerprint density at radius 3 is 2.70 bits per heavy atom. The van der Waals surface area contributed by atoms with E-state index in [0.717, 1.165) is 28.9 Å². The SMILES string of the molecule is CCCOc1cccc([C@@H]2c3c(-c4ccccc4O)n[nH]c3C(=O)N2Cc2ccncc2)c1. The number of fused-ring (bicyclic) bond motifs is 1. The van der Waals surface area contributed by atoms with E-state index < -0.39 is 0 Å². The third kappa shape index (κ3) is 3.82. The van der Waals surface area contributed by atoms with E-state index in [1.165, 1.54) is 0 Å². The highest BCUT2D eigenvalue weighted by Gasteiger charge is 2.42. The summed E-state index contributed by atoms with van der Waals surface area (Å²) in [5, 5.41) is 17.9. The quantitative estimate of drug-likeness (QED) is 0.434. The smallest absolute Gasteiger partial charge is 0.273 e. The average molecular weight is 441 g/mol. The van der Waals surface area contributed by atoms with Crippen molar-refractivity contribution in [3.63, 3.8) is 0 Å². The number of nitrogens with zero attached hydrogens (tertiary/aromatic N) is 3. The molecule has 2 aromatic heterocycles. The first-order valence-corrected chi connectivity index (χ1v) is 11.0. The molecule has 0 unspecified atom stereocenters. The number of nitrogens with one attached hydrogen (secondary N) is 1. The highest BCUT2D eigenvalue weighted by molar-refractivity contribution is 6.00. The summed E-state index contributed by atoms with van der Waals surface area (Å²) in [6.07, 6.45) is 4.35. The number of hydrogen-bond donors (Lipinski definition) is 2. The van der Waals surface area contributed by atoms with Gasteiger partial charge in [-0.15, -0.1) is 0 Å². The van der Waals surface area contributed by atoms with Crippen LogP contribution in [0.1, 0.15) is 46.6 Å². The minimum absolute atomic E-state index is 0.116. The van der Waals surface area contributed by atoms with Gasteiger partial charge in [0, 0.05) is 30.1 Å². The predicted octanol–water partition coefficient (Wildman–Crippen LogP) is 4.71. The van der Waals surface area contributed by atoms with Gasteiger partial charge in [0.15, 0.2) is 0 Å². The van der Waals surface area contributed by atoms with Crippen LogP contribution in [0.4, 0.5) is 0 Å². The van der Waals surface area contributed by atoms with Gasteiger partial charge in [0.2, 0.25) is 0 Å². The number of aromatic nitrogens is 3. The second-order valence-corrected chi connectivity index (χ2v) is 7.99. The van der Waals surface area contributed by atoms with Gasteiger partial charge < -0.3 is 14.7 Å². The van der Waals surface area contributed by atoms with Crippen LogP contribution < -0.4 is 4.74 Å². The van der Waals surface area contributed by atoms with Gasteiger partial charge in [-0.1, -0.05) is 31.2 Å². The van der Waals surface area contributed by atoms with Crippen molar-refractivity contribution in [1.29, 1.82) is 0 Å². The van der Waals surface area contributed by atoms with E-state index in [1.807, 2.05) is 47.4 Å². The van der Waals surface area contributed by atoms with Crippen molar-refractivity contribution in [1.82, 2.24) is 20.1 Å². The number of ether oxygens (including phenoxy) is 1. The van der Waals surface area contributed by atoms with Gasteiger partial charge in [0.1, 0.15) is 22.9 Å². The molecule has 0 saturated carbocycles. The maximum atomic E-state index is 13.5. The minimum Gasteiger partial charge on any atom is -0.507 e. The first-order chi connectivity index (χ1) is 16.2. The van der Waals surface area contributed by atoms with Gasteiger partial charge in [-0.25, -0.2) is 0 Å². The highest BCUT2D eigenvalue weighted by Crippen LogP contribution is 2.45. The molecule has 1 amide bonds. The van der Waals surface area contributed by atoms with Gasteiger partial charge in [-0.2, -0.15) is 5.10 Å². The summed E-state index contributed by atoms with van der Waals surface area (Å²) in [6.45, 7) is 3.09. The van der Waals surface area contributed by atoms with Gasteiger partial charge in [-0.3, -0.25) is 14.9 Å². The van der Waals surface area contributed by atoms with Crippen molar-refractivity contribution in [2.75, 3.05) is 6.61 Å². The third-order valence-corrected chi connectivity index (χ3v) is 5.77. The Balaban J connectivity index is 1.64. The lowest BCUT2D eigenvalue weighted by molar-refractivity contribution is 0.0729. The molecule has 4 aromatic rings. The zero-order chi connectivity index (χ0) is 22.8. The lowest BCUT2D eigenvalue weighted by Crippen LogP contribution is -2.29. The Hall–Kier alpha value is -4.13. The molecule has 3 heterocycles. The molecule has 166 valence electrons. The topological polar surface area (TPSA) is 91.3 Å². The third-order valence-electron chi connectivity index (χ3n) is 5.77. The Kier molecular flexibility index (Phi) is 5.52. The van der Waals surface area contributed by atoms with Crippen molar-refractivity contribution < 1.29 is 14.6 Å². The molecule has 0 fully saturated rings. The number of benzene rings is 2.